The molecule has 5 nitrogen and oxygen atoms in total. The molecular weight excluding hydrogens is 276 g/mol. The van der Waals surface area contributed by atoms with Gasteiger partial charge in [-0.3, -0.25) is 0 Å². The molecule has 6 heteroatoms. The Morgan fingerprint density at radius 1 is 1.20 bits per heavy atom. The van der Waals surface area contributed by atoms with Gasteiger partial charge in [-0.05, 0) is 45.7 Å². The Labute approximate surface area is 121 Å². The van der Waals surface area contributed by atoms with E-state index in [0.29, 0.717) is 12.1 Å². The molecule has 0 aliphatic heterocycles. The number of aliphatic hydroxyl groups excluding tert-OH is 1. The molecule has 1 unspecified atom stereocenters. The molecule has 0 aliphatic carbocycles. The van der Waals surface area contributed by atoms with Crippen LogP contribution in [-0.4, -0.2) is 32.2 Å². The van der Waals surface area contributed by atoms with Crippen molar-refractivity contribution < 1.29 is 13.5 Å². The zero-order valence-electron chi connectivity index (χ0n) is 12.3. The van der Waals surface area contributed by atoms with Crippen LogP contribution in [-0.2, 0) is 10.0 Å². The first-order chi connectivity index (χ1) is 9.36. The van der Waals surface area contributed by atoms with Crippen LogP contribution < -0.4 is 10.0 Å². The van der Waals surface area contributed by atoms with E-state index >= 15 is 0 Å². The fourth-order valence-corrected chi connectivity index (χ4v) is 3.35. The van der Waals surface area contributed by atoms with E-state index < -0.39 is 10.0 Å². The van der Waals surface area contributed by atoms with Gasteiger partial charge in [0.25, 0.3) is 0 Å². The van der Waals surface area contributed by atoms with Gasteiger partial charge < -0.3 is 10.4 Å². The number of hydrogen-bond donors (Lipinski definition) is 3. The molecule has 1 atom stereocenters. The standard InChI is InChI=1S/C14H24N2O3S/c1-11(2)16-20(18,19)14-9-5-4-8-13(14)15-12(3)7-6-10-17/h4-5,8-9,11-12,15-17H,6-7,10H2,1-3H3. The van der Waals surface area contributed by atoms with Gasteiger partial charge in [0.15, 0.2) is 0 Å². The Bertz CT molecular complexity index is 515. The average molecular weight is 300 g/mol. The lowest BCUT2D eigenvalue weighted by atomic mass is 10.2. The summed E-state index contributed by atoms with van der Waals surface area (Å²) in [7, 11) is -3.52. The fourth-order valence-electron chi connectivity index (χ4n) is 1.93. The first-order valence-electron chi connectivity index (χ1n) is 6.85. The van der Waals surface area contributed by atoms with Crippen LogP contribution in [0.1, 0.15) is 33.6 Å². The van der Waals surface area contributed by atoms with Crippen LogP contribution in [0.2, 0.25) is 0 Å². The van der Waals surface area contributed by atoms with Gasteiger partial charge in [-0.1, -0.05) is 12.1 Å². The Balaban J connectivity index is 2.93. The van der Waals surface area contributed by atoms with Crippen LogP contribution in [0.3, 0.4) is 0 Å². The average Bonchev–Trinajstić information content (AvgIpc) is 2.35. The molecule has 114 valence electrons. The lowest BCUT2D eigenvalue weighted by molar-refractivity contribution is 0.282. The van der Waals surface area contributed by atoms with Gasteiger partial charge in [-0.15, -0.1) is 0 Å². The van der Waals surface area contributed by atoms with Crippen LogP contribution in [0.25, 0.3) is 0 Å². The molecule has 0 radical (unpaired) electrons. The van der Waals surface area contributed by atoms with Gasteiger partial charge in [-0.2, -0.15) is 0 Å². The maximum Gasteiger partial charge on any atom is 0.242 e. The molecule has 0 amide bonds. The highest BCUT2D eigenvalue weighted by Gasteiger charge is 2.19. The van der Waals surface area contributed by atoms with E-state index in [0.717, 1.165) is 6.42 Å². The molecular formula is C14H24N2O3S. The number of anilines is 1. The van der Waals surface area contributed by atoms with E-state index in [1.165, 1.54) is 0 Å². The Hall–Kier alpha value is -1.11. The Morgan fingerprint density at radius 2 is 1.85 bits per heavy atom. The molecule has 1 aromatic rings. The van der Waals surface area contributed by atoms with E-state index in [-0.39, 0.29) is 23.6 Å². The van der Waals surface area contributed by atoms with Gasteiger partial charge in [0.1, 0.15) is 4.90 Å². The van der Waals surface area contributed by atoms with Gasteiger partial charge in [-0.25, -0.2) is 13.1 Å². The normalized spacial score (nSPS) is 13.4. The maximum absolute atomic E-state index is 12.3. The lowest BCUT2D eigenvalue weighted by Crippen LogP contribution is -2.31. The number of sulfonamides is 1. The zero-order chi connectivity index (χ0) is 15.2. The molecule has 3 N–H and O–H groups in total. The SMILES string of the molecule is CC(C)NS(=O)(=O)c1ccccc1NC(C)CCCO. The molecule has 0 aliphatic rings. The Kier molecular flexibility index (Phi) is 6.45. The molecule has 0 heterocycles. The van der Waals surface area contributed by atoms with Crippen molar-refractivity contribution in [3.63, 3.8) is 0 Å². The minimum absolute atomic E-state index is 0.0950. The van der Waals surface area contributed by atoms with Crippen molar-refractivity contribution in [2.75, 3.05) is 11.9 Å². The third kappa shape index (κ3) is 5.11. The second-order valence-electron chi connectivity index (χ2n) is 5.18. The monoisotopic (exact) mass is 300 g/mol. The van der Waals surface area contributed by atoms with E-state index in [2.05, 4.69) is 10.0 Å². The molecule has 0 aromatic heterocycles. The van der Waals surface area contributed by atoms with E-state index in [4.69, 9.17) is 5.11 Å². The molecule has 20 heavy (non-hydrogen) atoms. The molecule has 0 spiro atoms. The maximum atomic E-state index is 12.3. The van der Waals surface area contributed by atoms with E-state index in [9.17, 15) is 8.42 Å². The first kappa shape index (κ1) is 16.9. The summed E-state index contributed by atoms with van der Waals surface area (Å²) in [5.41, 5.74) is 0.589. The molecule has 0 bridgehead atoms. The van der Waals surface area contributed by atoms with Crippen LogP contribution >= 0.6 is 0 Å². The number of rotatable bonds is 8. The molecule has 0 saturated heterocycles. The van der Waals surface area contributed by atoms with Crippen LogP contribution in [0.15, 0.2) is 29.2 Å². The third-order valence-electron chi connectivity index (χ3n) is 2.76. The summed E-state index contributed by atoms with van der Waals surface area (Å²) in [5.74, 6) is 0. The molecule has 0 saturated carbocycles. The highest BCUT2D eigenvalue weighted by molar-refractivity contribution is 7.89. The number of nitrogens with one attached hydrogen (secondary N) is 2. The van der Waals surface area contributed by atoms with Crippen molar-refractivity contribution in [2.24, 2.45) is 0 Å². The van der Waals surface area contributed by atoms with Gasteiger partial charge >= 0.3 is 0 Å². The highest BCUT2D eigenvalue weighted by Crippen LogP contribution is 2.22. The summed E-state index contributed by atoms with van der Waals surface area (Å²) >= 11 is 0. The minimum atomic E-state index is -3.52. The van der Waals surface area contributed by atoms with Crippen molar-refractivity contribution in [1.82, 2.24) is 4.72 Å². The lowest BCUT2D eigenvalue weighted by Gasteiger charge is -2.18. The van der Waals surface area contributed by atoms with Crippen LogP contribution in [0, 0.1) is 0 Å². The predicted molar refractivity (Wildman–Crippen MR) is 81.3 cm³/mol. The second-order valence-corrected chi connectivity index (χ2v) is 6.87. The summed E-state index contributed by atoms with van der Waals surface area (Å²) in [4.78, 5) is 0.254. The minimum Gasteiger partial charge on any atom is -0.396 e. The van der Waals surface area contributed by atoms with Crippen molar-refractivity contribution in [3.8, 4) is 0 Å². The molecule has 1 rings (SSSR count). The quantitative estimate of drug-likeness (QED) is 0.685. The van der Waals surface area contributed by atoms with Gasteiger partial charge in [0.05, 0.1) is 5.69 Å². The van der Waals surface area contributed by atoms with Crippen molar-refractivity contribution in [1.29, 1.82) is 0 Å². The van der Waals surface area contributed by atoms with Crippen molar-refractivity contribution in [3.05, 3.63) is 24.3 Å². The third-order valence-corrected chi connectivity index (χ3v) is 4.48. The largest absolute Gasteiger partial charge is 0.396 e. The van der Waals surface area contributed by atoms with E-state index in [1.54, 1.807) is 38.1 Å². The summed E-state index contributed by atoms with van der Waals surface area (Å²) in [6.45, 7) is 5.69. The smallest absolute Gasteiger partial charge is 0.242 e. The van der Waals surface area contributed by atoms with E-state index in [1.807, 2.05) is 6.92 Å². The van der Waals surface area contributed by atoms with Gasteiger partial charge in [0, 0.05) is 18.7 Å². The van der Waals surface area contributed by atoms with Crippen LogP contribution in [0.4, 0.5) is 5.69 Å². The number of hydrogen-bond acceptors (Lipinski definition) is 4. The summed E-state index contributed by atoms with van der Waals surface area (Å²) in [5, 5.41) is 12.0. The van der Waals surface area contributed by atoms with Crippen molar-refractivity contribution in [2.45, 2.75) is 50.6 Å². The fraction of sp³-hybridized carbons (Fsp3) is 0.571. The number of aliphatic hydroxyl groups is 1. The number of benzene rings is 1. The summed E-state index contributed by atoms with van der Waals surface area (Å²) in [6, 6.07) is 6.79. The predicted octanol–water partition coefficient (Wildman–Crippen LogP) is 1.95. The van der Waals surface area contributed by atoms with Gasteiger partial charge in [0.2, 0.25) is 10.0 Å². The second kappa shape index (κ2) is 7.61. The number of para-hydroxylation sites is 1. The summed E-state index contributed by atoms with van der Waals surface area (Å²) in [6.07, 6.45) is 1.47. The Morgan fingerprint density at radius 3 is 2.45 bits per heavy atom. The molecule has 0 fully saturated rings. The van der Waals surface area contributed by atoms with Crippen molar-refractivity contribution >= 4 is 15.7 Å². The molecule has 1 aromatic carbocycles. The summed E-state index contributed by atoms with van der Waals surface area (Å²) < 4.78 is 27.1. The zero-order valence-corrected chi connectivity index (χ0v) is 13.1. The topological polar surface area (TPSA) is 78.4 Å². The highest BCUT2D eigenvalue weighted by atomic mass is 32.2. The first-order valence-corrected chi connectivity index (χ1v) is 8.34. The van der Waals surface area contributed by atoms with Crippen LogP contribution in [0.5, 0.6) is 0 Å².